The Balaban J connectivity index is 1.14. The quantitative estimate of drug-likeness (QED) is 0.663. The van der Waals surface area contributed by atoms with Crippen LogP contribution in [0.1, 0.15) is 43.6 Å². The van der Waals surface area contributed by atoms with Crippen LogP contribution in [0.2, 0.25) is 5.02 Å². The van der Waals surface area contributed by atoms with Gasteiger partial charge in [-0.25, -0.2) is 4.98 Å². The Morgan fingerprint density at radius 3 is 2.71 bits per heavy atom. The van der Waals surface area contributed by atoms with Crippen molar-refractivity contribution in [2.45, 2.75) is 50.2 Å². The molecular weight excluding hydrogens is 466 g/mol. The summed E-state index contributed by atoms with van der Waals surface area (Å²) in [6.07, 6.45) is 7.01. The van der Waals surface area contributed by atoms with Crippen molar-refractivity contribution in [3.05, 3.63) is 35.0 Å². The van der Waals surface area contributed by atoms with Crippen molar-refractivity contribution in [1.82, 2.24) is 9.88 Å². The molecule has 3 aliphatic heterocycles. The van der Waals surface area contributed by atoms with E-state index in [-0.39, 0.29) is 23.3 Å². The number of carbonyl (C=O) groups is 1. The highest BCUT2D eigenvalue weighted by atomic mass is 35.5. The molecular formula is C27H34ClN3O4. The smallest absolute Gasteiger partial charge is 0.229 e. The number of likely N-dealkylation sites (tertiary alicyclic amines) is 1. The monoisotopic (exact) mass is 499 g/mol. The summed E-state index contributed by atoms with van der Waals surface area (Å²) >= 11 is 6.74. The van der Waals surface area contributed by atoms with Crippen LogP contribution in [0.5, 0.6) is 0 Å². The van der Waals surface area contributed by atoms with Crippen molar-refractivity contribution in [1.29, 1.82) is 0 Å². The SMILES string of the molecule is CO[C@@H]1COC[C@@H]1N1CCC(c2cc3cc(NC(=O)[C@@H]4CC45CCOCC5)ncc3cc2Cl)CC1. The van der Waals surface area contributed by atoms with E-state index < -0.39 is 0 Å². The second-order valence-electron chi connectivity index (χ2n) is 10.7. The molecule has 8 heteroatoms. The van der Waals surface area contributed by atoms with Gasteiger partial charge in [0, 0.05) is 42.8 Å². The van der Waals surface area contributed by atoms with Gasteiger partial charge >= 0.3 is 0 Å². The lowest BCUT2D eigenvalue weighted by Crippen LogP contribution is -2.47. The number of aromatic nitrogens is 1. The van der Waals surface area contributed by atoms with Gasteiger partial charge in [-0.05, 0) is 85.7 Å². The number of benzene rings is 1. The summed E-state index contributed by atoms with van der Waals surface area (Å²) in [5.41, 5.74) is 1.35. The number of carbonyl (C=O) groups excluding carboxylic acids is 1. The number of anilines is 1. The Hall–Kier alpha value is -1.77. The van der Waals surface area contributed by atoms with Gasteiger partial charge in [0.25, 0.3) is 0 Å². The number of halogens is 1. The van der Waals surface area contributed by atoms with E-state index in [0.717, 1.165) is 80.8 Å². The number of pyridine rings is 1. The van der Waals surface area contributed by atoms with Crippen LogP contribution in [0.3, 0.4) is 0 Å². The highest BCUT2D eigenvalue weighted by Gasteiger charge is 2.58. The van der Waals surface area contributed by atoms with Gasteiger partial charge in [0.15, 0.2) is 0 Å². The second kappa shape index (κ2) is 9.60. The molecule has 6 rings (SSSR count). The maximum Gasteiger partial charge on any atom is 0.229 e. The van der Waals surface area contributed by atoms with Crippen LogP contribution in [0, 0.1) is 11.3 Å². The van der Waals surface area contributed by atoms with Gasteiger partial charge in [0.2, 0.25) is 5.91 Å². The largest absolute Gasteiger partial charge is 0.381 e. The van der Waals surface area contributed by atoms with E-state index in [0.29, 0.717) is 24.4 Å². The first-order valence-corrected chi connectivity index (χ1v) is 13.3. The highest BCUT2D eigenvalue weighted by Crippen LogP contribution is 2.59. The zero-order valence-electron chi connectivity index (χ0n) is 20.3. The Labute approximate surface area is 211 Å². The summed E-state index contributed by atoms with van der Waals surface area (Å²) in [4.78, 5) is 19.9. The zero-order chi connectivity index (χ0) is 24.0. The van der Waals surface area contributed by atoms with E-state index in [9.17, 15) is 4.79 Å². The third kappa shape index (κ3) is 4.58. The zero-order valence-corrected chi connectivity index (χ0v) is 21.1. The lowest BCUT2D eigenvalue weighted by Gasteiger charge is -2.37. The van der Waals surface area contributed by atoms with Crippen LogP contribution in [0.15, 0.2) is 24.4 Å². The van der Waals surface area contributed by atoms with Gasteiger partial charge in [-0.2, -0.15) is 0 Å². The van der Waals surface area contributed by atoms with Gasteiger partial charge in [-0.15, -0.1) is 0 Å². The molecule has 1 aliphatic carbocycles. The number of hydrogen-bond donors (Lipinski definition) is 1. The molecule has 1 saturated carbocycles. The van der Waals surface area contributed by atoms with Crippen molar-refractivity contribution in [2.75, 3.05) is 51.9 Å². The van der Waals surface area contributed by atoms with Crippen LogP contribution >= 0.6 is 11.6 Å². The van der Waals surface area contributed by atoms with Gasteiger partial charge in [-0.3, -0.25) is 9.69 Å². The van der Waals surface area contributed by atoms with Crippen LogP contribution in [0.25, 0.3) is 10.8 Å². The van der Waals surface area contributed by atoms with Crippen molar-refractivity contribution in [2.24, 2.45) is 11.3 Å². The third-order valence-corrected chi connectivity index (χ3v) is 9.15. The van der Waals surface area contributed by atoms with Crippen molar-refractivity contribution in [3.8, 4) is 0 Å². The first-order valence-electron chi connectivity index (χ1n) is 12.9. The van der Waals surface area contributed by atoms with Gasteiger partial charge in [0.05, 0.1) is 25.4 Å². The fourth-order valence-corrected chi connectivity index (χ4v) is 6.78. The van der Waals surface area contributed by atoms with E-state index in [4.69, 9.17) is 25.8 Å². The molecule has 4 heterocycles. The normalized spacial score (nSPS) is 29.0. The molecule has 1 aromatic carbocycles. The van der Waals surface area contributed by atoms with Gasteiger partial charge in [0.1, 0.15) is 5.82 Å². The number of fused-ring (bicyclic) bond motifs is 1. The minimum absolute atomic E-state index is 0.0813. The number of hydrogen-bond acceptors (Lipinski definition) is 6. The Morgan fingerprint density at radius 1 is 1.14 bits per heavy atom. The maximum atomic E-state index is 12.9. The highest BCUT2D eigenvalue weighted by molar-refractivity contribution is 6.32. The minimum atomic E-state index is 0.0813. The average molecular weight is 500 g/mol. The fourth-order valence-electron chi connectivity index (χ4n) is 6.46. The first kappa shape index (κ1) is 23.6. The van der Waals surface area contributed by atoms with E-state index in [1.807, 2.05) is 18.3 Å². The molecule has 4 aliphatic rings. The number of nitrogens with one attached hydrogen (secondary N) is 1. The molecule has 0 bridgehead atoms. The topological polar surface area (TPSA) is 72.9 Å². The summed E-state index contributed by atoms with van der Waals surface area (Å²) in [5.74, 6) is 1.20. The second-order valence-corrected chi connectivity index (χ2v) is 11.1. The number of piperidine rings is 1. The molecule has 35 heavy (non-hydrogen) atoms. The average Bonchev–Trinajstić information content (AvgIpc) is 3.34. The van der Waals surface area contributed by atoms with Crippen LogP contribution < -0.4 is 5.32 Å². The van der Waals surface area contributed by atoms with Crippen molar-refractivity contribution < 1.29 is 19.0 Å². The summed E-state index contributed by atoms with van der Waals surface area (Å²) in [6.45, 7) is 4.99. The number of nitrogens with zero attached hydrogens (tertiary/aromatic N) is 2. The van der Waals surface area contributed by atoms with Gasteiger partial charge in [-0.1, -0.05) is 11.6 Å². The Bertz CT molecular complexity index is 1100. The fraction of sp³-hybridized carbons (Fsp3) is 0.630. The van der Waals surface area contributed by atoms with Crippen LogP contribution in [-0.2, 0) is 19.0 Å². The molecule has 188 valence electrons. The number of methoxy groups -OCH3 is 1. The molecule has 1 N–H and O–H groups in total. The summed E-state index contributed by atoms with van der Waals surface area (Å²) < 4.78 is 16.8. The van der Waals surface area contributed by atoms with E-state index in [2.05, 4.69) is 21.3 Å². The van der Waals surface area contributed by atoms with Crippen LogP contribution in [-0.4, -0.2) is 74.6 Å². The predicted octanol–water partition coefficient (Wildman–Crippen LogP) is 4.24. The lowest BCUT2D eigenvalue weighted by molar-refractivity contribution is -0.118. The third-order valence-electron chi connectivity index (χ3n) is 8.82. The first-order chi connectivity index (χ1) is 17.1. The summed E-state index contributed by atoms with van der Waals surface area (Å²) in [6, 6.07) is 6.54. The summed E-state index contributed by atoms with van der Waals surface area (Å²) in [5, 5.41) is 5.93. The van der Waals surface area contributed by atoms with E-state index in [1.54, 1.807) is 7.11 Å². The molecule has 2 aromatic rings. The number of ether oxygens (including phenoxy) is 3. The molecule has 0 radical (unpaired) electrons. The number of rotatable bonds is 5. The molecule has 4 fully saturated rings. The molecule has 7 nitrogen and oxygen atoms in total. The Morgan fingerprint density at radius 2 is 1.94 bits per heavy atom. The maximum absolute atomic E-state index is 12.9. The minimum Gasteiger partial charge on any atom is -0.381 e. The van der Waals surface area contributed by atoms with Gasteiger partial charge < -0.3 is 19.5 Å². The van der Waals surface area contributed by atoms with E-state index in [1.165, 1.54) is 5.56 Å². The molecule has 0 unspecified atom stereocenters. The van der Waals surface area contributed by atoms with Crippen molar-refractivity contribution >= 4 is 34.1 Å². The predicted molar refractivity (Wildman–Crippen MR) is 135 cm³/mol. The Kier molecular flexibility index (Phi) is 6.48. The van der Waals surface area contributed by atoms with Crippen molar-refractivity contribution in [3.63, 3.8) is 0 Å². The molecule has 1 spiro atoms. The standard InChI is InChI=1S/C27H34ClN3O4/c1-33-24-16-35-15-23(24)31-6-2-17(3-7-31)20-10-18-12-25(29-14-19(18)11-22(20)28)30-26(32)21-13-27(21)4-8-34-9-5-27/h10-12,14,17,21,23-24H,2-9,13,15-16H2,1H3,(H,29,30,32)/t21-,23-,24+/m0/s1. The van der Waals surface area contributed by atoms with Crippen LogP contribution in [0.4, 0.5) is 5.82 Å². The number of amides is 1. The summed E-state index contributed by atoms with van der Waals surface area (Å²) in [7, 11) is 1.77. The molecule has 3 atom stereocenters. The molecule has 3 saturated heterocycles. The molecule has 1 aromatic heterocycles. The lowest BCUT2D eigenvalue weighted by atomic mass is 9.87. The van der Waals surface area contributed by atoms with E-state index >= 15 is 0 Å². The molecule has 1 amide bonds.